The summed E-state index contributed by atoms with van der Waals surface area (Å²) in [7, 11) is 0. The first-order valence-electron chi connectivity index (χ1n) is 22.5. The quantitative estimate of drug-likeness (QED) is 0.160. The van der Waals surface area contributed by atoms with Crippen molar-refractivity contribution in [2.24, 2.45) is 0 Å². The second-order valence-electron chi connectivity index (χ2n) is 17.4. The minimum atomic E-state index is 0.377. The summed E-state index contributed by atoms with van der Waals surface area (Å²) >= 11 is 0. The number of rotatable bonds is 7. The van der Waals surface area contributed by atoms with Gasteiger partial charge in [0.15, 0.2) is 0 Å². The number of benzene rings is 8. The Hall–Kier alpha value is -7.10. The largest absolute Gasteiger partial charge is 0.456 e. The molecule has 0 spiro atoms. The van der Waals surface area contributed by atoms with Gasteiger partial charge in [0.05, 0.1) is 22.4 Å². The van der Waals surface area contributed by atoms with Crippen molar-refractivity contribution in [3.05, 3.63) is 199 Å². The summed E-state index contributed by atoms with van der Waals surface area (Å²) in [6, 6.07) is 65.3. The summed E-state index contributed by atoms with van der Waals surface area (Å²) in [4.78, 5) is 2.54. The first-order valence-corrected chi connectivity index (χ1v) is 22.5. The van der Waals surface area contributed by atoms with Gasteiger partial charge in [-0.2, -0.15) is 0 Å². The maximum atomic E-state index is 6.52. The molecule has 2 aliphatic rings. The molecule has 3 heteroatoms. The van der Waals surface area contributed by atoms with Crippen LogP contribution in [0, 0.1) is 0 Å². The van der Waals surface area contributed by atoms with E-state index >= 15 is 0 Å². The zero-order valence-electron chi connectivity index (χ0n) is 35.1. The molecule has 2 heterocycles. The van der Waals surface area contributed by atoms with Gasteiger partial charge in [-0.1, -0.05) is 154 Å². The number of para-hydroxylation sites is 3. The van der Waals surface area contributed by atoms with Gasteiger partial charge in [0, 0.05) is 38.7 Å². The van der Waals surface area contributed by atoms with E-state index in [9.17, 15) is 0 Å². The van der Waals surface area contributed by atoms with Crippen molar-refractivity contribution < 1.29 is 4.42 Å². The monoisotopic (exact) mass is 800 g/mol. The minimum Gasteiger partial charge on any atom is -0.456 e. The Kier molecular flexibility index (Phi) is 8.95. The molecule has 0 bridgehead atoms. The molecule has 10 aromatic rings. The highest BCUT2D eigenvalue weighted by Crippen LogP contribution is 2.50. The Balaban J connectivity index is 1.14. The van der Waals surface area contributed by atoms with Gasteiger partial charge in [-0.05, 0) is 125 Å². The van der Waals surface area contributed by atoms with E-state index in [2.05, 4.69) is 204 Å². The van der Waals surface area contributed by atoms with Gasteiger partial charge in [0.25, 0.3) is 0 Å². The zero-order valence-corrected chi connectivity index (χ0v) is 35.1. The lowest BCUT2D eigenvalue weighted by molar-refractivity contribution is 0.445. The topological polar surface area (TPSA) is 21.3 Å². The van der Waals surface area contributed by atoms with E-state index in [0.717, 1.165) is 40.5 Å². The number of hydrogen-bond donors (Lipinski definition) is 0. The van der Waals surface area contributed by atoms with Gasteiger partial charge in [-0.3, -0.25) is 0 Å². The zero-order chi connectivity index (χ0) is 41.1. The summed E-state index contributed by atoms with van der Waals surface area (Å²) in [5.74, 6) is 1.94. The maximum Gasteiger partial charge on any atom is 0.135 e. The third-order valence-corrected chi connectivity index (χ3v) is 13.8. The Labute approximate surface area is 363 Å². The highest BCUT2D eigenvalue weighted by Gasteiger charge is 2.27. The molecule has 12 rings (SSSR count). The van der Waals surface area contributed by atoms with E-state index in [1.165, 1.54) is 103 Å². The highest BCUT2D eigenvalue weighted by molar-refractivity contribution is 6.17. The van der Waals surface area contributed by atoms with Crippen LogP contribution in [0.5, 0.6) is 0 Å². The van der Waals surface area contributed by atoms with E-state index in [1.807, 2.05) is 0 Å². The number of furan rings is 1. The molecule has 0 amide bonds. The van der Waals surface area contributed by atoms with E-state index < -0.39 is 0 Å². The van der Waals surface area contributed by atoms with Gasteiger partial charge in [0.2, 0.25) is 0 Å². The lowest BCUT2D eigenvalue weighted by Gasteiger charge is -2.30. The number of aromatic nitrogens is 1. The van der Waals surface area contributed by atoms with E-state index in [0.29, 0.717) is 11.8 Å². The van der Waals surface area contributed by atoms with Gasteiger partial charge < -0.3 is 13.9 Å². The van der Waals surface area contributed by atoms with Crippen molar-refractivity contribution in [2.75, 3.05) is 4.90 Å². The van der Waals surface area contributed by atoms with Crippen LogP contribution in [0.25, 0.3) is 77.6 Å². The number of allylic oxidation sites excluding steroid dienone is 1. The molecule has 1 unspecified atom stereocenters. The smallest absolute Gasteiger partial charge is 0.135 e. The van der Waals surface area contributed by atoms with Crippen LogP contribution in [-0.2, 0) is 0 Å². The van der Waals surface area contributed by atoms with Crippen LogP contribution in [0.2, 0.25) is 0 Å². The predicted octanol–water partition coefficient (Wildman–Crippen LogP) is 17.1. The van der Waals surface area contributed by atoms with Crippen LogP contribution in [0.15, 0.2) is 186 Å². The molecule has 8 aromatic carbocycles. The van der Waals surface area contributed by atoms with Crippen molar-refractivity contribution in [2.45, 2.75) is 57.3 Å². The van der Waals surface area contributed by atoms with E-state index in [1.54, 1.807) is 0 Å². The number of hydrogen-bond acceptors (Lipinski definition) is 2. The molecule has 0 aliphatic heterocycles. The van der Waals surface area contributed by atoms with Gasteiger partial charge in [0.1, 0.15) is 11.3 Å². The van der Waals surface area contributed by atoms with Crippen molar-refractivity contribution in [1.29, 1.82) is 0 Å². The normalized spacial score (nSPS) is 15.5. The van der Waals surface area contributed by atoms with Crippen molar-refractivity contribution in [3.8, 4) is 27.9 Å². The Bertz CT molecular complexity index is 3340. The highest BCUT2D eigenvalue weighted by atomic mass is 16.3. The number of nitrogens with zero attached hydrogens (tertiary/aromatic N) is 2. The maximum absolute atomic E-state index is 6.52. The van der Waals surface area contributed by atoms with Crippen molar-refractivity contribution in [3.63, 3.8) is 0 Å². The van der Waals surface area contributed by atoms with Crippen LogP contribution in [0.3, 0.4) is 0 Å². The summed E-state index contributed by atoms with van der Waals surface area (Å²) in [5, 5.41) is 6.37. The molecule has 0 N–H and O–H groups in total. The number of fused-ring (bicyclic) bond motifs is 7. The fourth-order valence-corrected chi connectivity index (χ4v) is 11.0. The van der Waals surface area contributed by atoms with Gasteiger partial charge in [-0.25, -0.2) is 0 Å². The fourth-order valence-electron chi connectivity index (χ4n) is 11.0. The molecule has 62 heavy (non-hydrogen) atoms. The molecule has 0 saturated heterocycles. The summed E-state index contributed by atoms with van der Waals surface area (Å²) in [6.45, 7) is 2.32. The molecule has 1 saturated carbocycles. The van der Waals surface area contributed by atoms with Crippen LogP contribution in [0.1, 0.15) is 74.2 Å². The molecular formula is C59H48N2O. The first kappa shape index (κ1) is 36.7. The van der Waals surface area contributed by atoms with Crippen LogP contribution in [0.4, 0.5) is 17.1 Å². The van der Waals surface area contributed by atoms with E-state index in [-0.39, 0.29) is 0 Å². The van der Waals surface area contributed by atoms with Crippen molar-refractivity contribution >= 4 is 66.7 Å². The van der Waals surface area contributed by atoms with Crippen LogP contribution in [-0.4, -0.2) is 4.57 Å². The Morgan fingerprint density at radius 1 is 0.565 bits per heavy atom. The lowest BCUT2D eigenvalue weighted by Crippen LogP contribution is -2.12. The molecule has 0 radical (unpaired) electrons. The fraction of sp³-hybridized carbons (Fsp3) is 0.153. The first-order chi connectivity index (χ1) is 30.7. The third-order valence-electron chi connectivity index (χ3n) is 13.8. The average Bonchev–Trinajstić information content (AvgIpc) is 3.89. The summed E-state index contributed by atoms with van der Waals surface area (Å²) in [6.07, 6.45) is 11.9. The molecule has 2 aliphatic carbocycles. The molecule has 1 fully saturated rings. The molecule has 300 valence electrons. The summed E-state index contributed by atoms with van der Waals surface area (Å²) < 4.78 is 8.95. The Morgan fingerprint density at radius 2 is 1.27 bits per heavy atom. The number of anilines is 3. The third kappa shape index (κ3) is 5.94. The molecular weight excluding hydrogens is 753 g/mol. The van der Waals surface area contributed by atoms with Gasteiger partial charge >= 0.3 is 0 Å². The van der Waals surface area contributed by atoms with Crippen molar-refractivity contribution in [1.82, 2.24) is 4.57 Å². The summed E-state index contributed by atoms with van der Waals surface area (Å²) in [5.41, 5.74) is 15.6. The molecule has 1 atom stereocenters. The molecule has 2 aromatic heterocycles. The van der Waals surface area contributed by atoms with Crippen LogP contribution >= 0.6 is 0 Å². The lowest BCUT2D eigenvalue weighted by atomic mass is 9.80. The predicted molar refractivity (Wildman–Crippen MR) is 262 cm³/mol. The van der Waals surface area contributed by atoms with Crippen LogP contribution < -0.4 is 4.90 Å². The molecule has 3 nitrogen and oxygen atoms in total. The Morgan fingerprint density at radius 3 is 2.18 bits per heavy atom. The second kappa shape index (κ2) is 15.1. The van der Waals surface area contributed by atoms with E-state index in [4.69, 9.17) is 4.42 Å². The SMILES string of the molecule is CC1CC=Cc2oc3cccc(-c4cccc(N(c5ccccc5-c5cccc6cccc(C7CCCCC7)c56)c5cccc6c5c5ccccc5n6-c5ccccc5)c4)c3c21. The average molecular weight is 801 g/mol. The van der Waals surface area contributed by atoms with Gasteiger partial charge in [-0.15, -0.1) is 0 Å². The minimum absolute atomic E-state index is 0.377. The standard InChI is InChI=1S/C59H48N2O/c1-39-18-12-36-54-56(39)59-46(30-16-37-55(59)62-54)42-23-13-26-44(38-42)61(53-35-17-34-52-58(53)49-28-9-11-33-51(49)60(52)43-24-6-3-7-25-43)50-32-10-8-27-47(50)48-31-15-22-41-21-14-29-45(57(41)48)40-19-4-2-5-20-40/h3,6-17,21-40H,2,4-5,18-20H2,1H3. The second-order valence-corrected chi connectivity index (χ2v) is 17.4.